The minimum Gasteiger partial charge on any atom is -0.509 e. The van der Waals surface area contributed by atoms with Gasteiger partial charge in [-0.05, 0) is 24.1 Å². The van der Waals surface area contributed by atoms with Crippen LogP contribution >= 0.6 is 23.4 Å². The van der Waals surface area contributed by atoms with E-state index in [0.717, 1.165) is 10.5 Å². The monoisotopic (exact) mass is 331 g/mol. The number of benzene rings is 2. The van der Waals surface area contributed by atoms with E-state index in [1.807, 2.05) is 48.5 Å². The summed E-state index contributed by atoms with van der Waals surface area (Å²) >= 11 is 7.30. The number of amides is 1. The lowest BCUT2D eigenvalue weighted by molar-refractivity contribution is -0.116. The minimum absolute atomic E-state index is 0.0822. The predicted molar refractivity (Wildman–Crippen MR) is 89.0 cm³/mol. The van der Waals surface area contributed by atoms with Gasteiger partial charge in [-0.3, -0.25) is 4.79 Å². The van der Waals surface area contributed by atoms with Crippen LogP contribution in [0.5, 0.6) is 0 Å². The third-order valence-corrected chi connectivity index (χ3v) is 5.02. The Balaban J connectivity index is 1.81. The SMILES string of the molecule is O=C1N[C@H](Cc2ccccc2)C(O)=C1Sc1ccccc1Cl. The van der Waals surface area contributed by atoms with Gasteiger partial charge in [-0.2, -0.15) is 0 Å². The van der Waals surface area contributed by atoms with Crippen molar-refractivity contribution in [3.05, 3.63) is 75.8 Å². The summed E-state index contributed by atoms with van der Waals surface area (Å²) in [6, 6.07) is 16.6. The highest BCUT2D eigenvalue weighted by molar-refractivity contribution is 8.04. The second-order valence-electron chi connectivity index (χ2n) is 4.96. The van der Waals surface area contributed by atoms with Crippen LogP contribution in [0.4, 0.5) is 0 Å². The fourth-order valence-electron chi connectivity index (χ4n) is 2.30. The third kappa shape index (κ3) is 3.13. The molecule has 2 aromatic rings. The van der Waals surface area contributed by atoms with E-state index in [4.69, 9.17) is 11.6 Å². The van der Waals surface area contributed by atoms with E-state index in [1.54, 1.807) is 6.07 Å². The van der Waals surface area contributed by atoms with E-state index in [0.29, 0.717) is 16.3 Å². The van der Waals surface area contributed by atoms with Crippen molar-refractivity contribution < 1.29 is 9.90 Å². The van der Waals surface area contributed by atoms with E-state index in [2.05, 4.69) is 5.32 Å². The fraction of sp³-hybridized carbons (Fsp3) is 0.118. The summed E-state index contributed by atoms with van der Waals surface area (Å²) in [6.45, 7) is 0. The number of nitrogens with one attached hydrogen (secondary N) is 1. The van der Waals surface area contributed by atoms with Crippen molar-refractivity contribution in [2.45, 2.75) is 17.4 Å². The molecule has 0 saturated carbocycles. The van der Waals surface area contributed by atoms with Crippen LogP contribution in [-0.4, -0.2) is 17.1 Å². The number of carbonyl (C=O) groups is 1. The molecule has 0 spiro atoms. The number of hydrogen-bond acceptors (Lipinski definition) is 3. The molecular weight excluding hydrogens is 318 g/mol. The Kier molecular flexibility index (Phi) is 4.41. The number of carbonyl (C=O) groups excluding carboxylic acids is 1. The van der Waals surface area contributed by atoms with Crippen molar-refractivity contribution >= 4 is 29.3 Å². The lowest BCUT2D eigenvalue weighted by atomic mass is 10.1. The van der Waals surface area contributed by atoms with Crippen LogP contribution < -0.4 is 5.32 Å². The first-order chi connectivity index (χ1) is 10.6. The molecule has 0 bridgehead atoms. The molecule has 5 heteroatoms. The molecule has 22 heavy (non-hydrogen) atoms. The molecule has 2 N–H and O–H groups in total. The fourth-order valence-corrected chi connectivity index (χ4v) is 3.48. The molecule has 112 valence electrons. The van der Waals surface area contributed by atoms with E-state index in [9.17, 15) is 9.90 Å². The van der Waals surface area contributed by atoms with Crippen LogP contribution in [0.15, 0.2) is 70.2 Å². The molecule has 0 aromatic heterocycles. The Hall–Kier alpha value is -1.91. The highest BCUT2D eigenvalue weighted by Crippen LogP contribution is 2.36. The first-order valence-electron chi connectivity index (χ1n) is 6.85. The van der Waals surface area contributed by atoms with Gasteiger partial charge in [-0.15, -0.1) is 0 Å². The highest BCUT2D eigenvalue weighted by atomic mass is 35.5. The largest absolute Gasteiger partial charge is 0.509 e. The Morgan fingerprint density at radius 3 is 2.50 bits per heavy atom. The summed E-state index contributed by atoms with van der Waals surface area (Å²) in [5, 5.41) is 13.7. The van der Waals surface area contributed by atoms with Gasteiger partial charge in [0, 0.05) is 4.90 Å². The molecule has 3 nitrogen and oxygen atoms in total. The molecule has 1 heterocycles. The topological polar surface area (TPSA) is 49.3 Å². The van der Waals surface area contributed by atoms with Gasteiger partial charge in [-0.25, -0.2) is 0 Å². The standard InChI is InChI=1S/C17H14ClNO2S/c18-12-8-4-5-9-14(12)22-16-15(20)13(19-17(16)21)10-11-6-2-1-3-7-11/h1-9,13,20H,10H2,(H,19,21)/t13-/m1/s1. The van der Waals surface area contributed by atoms with Crippen LogP contribution in [-0.2, 0) is 11.2 Å². The lowest BCUT2D eigenvalue weighted by Crippen LogP contribution is -2.30. The summed E-state index contributed by atoms with van der Waals surface area (Å²) < 4.78 is 0. The normalized spacial score (nSPS) is 17.7. The predicted octanol–water partition coefficient (Wildman–Crippen LogP) is 3.94. The molecule has 1 amide bonds. The van der Waals surface area contributed by atoms with Crippen LogP contribution in [0.25, 0.3) is 0 Å². The molecule has 0 radical (unpaired) electrons. The van der Waals surface area contributed by atoms with Gasteiger partial charge in [-0.1, -0.05) is 65.8 Å². The first-order valence-corrected chi connectivity index (χ1v) is 8.05. The molecule has 0 aliphatic carbocycles. The van der Waals surface area contributed by atoms with Crippen molar-refractivity contribution in [3.63, 3.8) is 0 Å². The molecular formula is C17H14ClNO2S. The second kappa shape index (κ2) is 6.46. The quantitative estimate of drug-likeness (QED) is 0.892. The zero-order chi connectivity index (χ0) is 15.5. The molecule has 1 aliphatic heterocycles. The maximum absolute atomic E-state index is 12.1. The summed E-state index contributed by atoms with van der Waals surface area (Å²) in [5.41, 5.74) is 1.06. The van der Waals surface area contributed by atoms with Crippen molar-refractivity contribution in [2.24, 2.45) is 0 Å². The minimum atomic E-state index is -0.389. The van der Waals surface area contributed by atoms with Crippen molar-refractivity contribution in [3.8, 4) is 0 Å². The Bertz CT molecular complexity index is 730. The highest BCUT2D eigenvalue weighted by Gasteiger charge is 2.32. The average molecular weight is 332 g/mol. The number of rotatable bonds is 4. The maximum Gasteiger partial charge on any atom is 0.262 e. The second-order valence-corrected chi connectivity index (χ2v) is 6.42. The summed E-state index contributed by atoms with van der Waals surface area (Å²) in [7, 11) is 0. The molecule has 0 fully saturated rings. The Labute approximate surface area is 138 Å². The molecule has 2 aromatic carbocycles. The molecule has 1 aliphatic rings. The smallest absolute Gasteiger partial charge is 0.262 e. The van der Waals surface area contributed by atoms with Gasteiger partial charge in [0.2, 0.25) is 0 Å². The molecule has 3 rings (SSSR count). The van der Waals surface area contributed by atoms with Crippen LogP contribution in [0, 0.1) is 0 Å². The number of aliphatic hydroxyl groups is 1. The molecule has 0 saturated heterocycles. The van der Waals surface area contributed by atoms with Crippen molar-refractivity contribution in [1.82, 2.24) is 5.32 Å². The van der Waals surface area contributed by atoms with Gasteiger partial charge >= 0.3 is 0 Å². The van der Waals surface area contributed by atoms with Crippen LogP contribution in [0.1, 0.15) is 5.56 Å². The van der Waals surface area contributed by atoms with Crippen molar-refractivity contribution in [2.75, 3.05) is 0 Å². The van der Waals surface area contributed by atoms with Gasteiger partial charge < -0.3 is 10.4 Å². The van der Waals surface area contributed by atoms with E-state index in [-0.39, 0.29) is 17.7 Å². The zero-order valence-corrected chi connectivity index (χ0v) is 13.2. The Morgan fingerprint density at radius 2 is 1.77 bits per heavy atom. The average Bonchev–Trinajstić information content (AvgIpc) is 2.78. The number of aliphatic hydroxyl groups excluding tert-OH is 1. The number of hydrogen-bond donors (Lipinski definition) is 2. The van der Waals surface area contributed by atoms with Crippen molar-refractivity contribution in [1.29, 1.82) is 0 Å². The van der Waals surface area contributed by atoms with Gasteiger partial charge in [0.15, 0.2) is 0 Å². The van der Waals surface area contributed by atoms with Gasteiger partial charge in [0.1, 0.15) is 10.7 Å². The first kappa shape index (κ1) is 15.0. The maximum atomic E-state index is 12.1. The van der Waals surface area contributed by atoms with E-state index >= 15 is 0 Å². The third-order valence-electron chi connectivity index (χ3n) is 3.41. The molecule has 1 atom stereocenters. The van der Waals surface area contributed by atoms with E-state index < -0.39 is 0 Å². The summed E-state index contributed by atoms with van der Waals surface area (Å²) in [6.07, 6.45) is 0.561. The summed E-state index contributed by atoms with van der Waals surface area (Å²) in [4.78, 5) is 13.2. The number of halogens is 1. The van der Waals surface area contributed by atoms with E-state index in [1.165, 1.54) is 11.8 Å². The van der Waals surface area contributed by atoms with Crippen LogP contribution in [0.3, 0.4) is 0 Å². The Morgan fingerprint density at radius 1 is 1.09 bits per heavy atom. The zero-order valence-electron chi connectivity index (χ0n) is 11.6. The van der Waals surface area contributed by atoms with Crippen LogP contribution in [0.2, 0.25) is 5.02 Å². The summed E-state index contributed by atoms with van der Waals surface area (Å²) in [5.74, 6) is -0.179. The molecule has 0 unspecified atom stereocenters. The van der Waals surface area contributed by atoms with Gasteiger partial charge in [0.25, 0.3) is 5.91 Å². The number of thioether (sulfide) groups is 1. The lowest BCUT2D eigenvalue weighted by Gasteiger charge is -2.10. The van der Waals surface area contributed by atoms with Gasteiger partial charge in [0.05, 0.1) is 11.1 Å².